The molecule has 0 fully saturated rings. The van der Waals surface area contributed by atoms with Gasteiger partial charge in [0, 0.05) is 35.3 Å². The van der Waals surface area contributed by atoms with Gasteiger partial charge in [-0.15, -0.1) is 11.3 Å². The lowest BCUT2D eigenvalue weighted by atomic mass is 10.1. The lowest BCUT2D eigenvalue weighted by molar-refractivity contribution is -0.117. The van der Waals surface area contributed by atoms with Gasteiger partial charge in [0.1, 0.15) is 17.6 Å². The Morgan fingerprint density at radius 2 is 1.87 bits per heavy atom. The highest BCUT2D eigenvalue weighted by Crippen LogP contribution is 2.28. The Kier molecular flexibility index (Phi) is 6.29. The molecule has 5 nitrogen and oxygen atoms in total. The van der Waals surface area contributed by atoms with E-state index >= 15 is 0 Å². The van der Waals surface area contributed by atoms with Crippen molar-refractivity contribution in [3.05, 3.63) is 101 Å². The van der Waals surface area contributed by atoms with Gasteiger partial charge in [0.15, 0.2) is 0 Å². The summed E-state index contributed by atoms with van der Waals surface area (Å²) in [5.41, 5.74) is 2.10. The summed E-state index contributed by atoms with van der Waals surface area (Å²) >= 11 is 1.65. The molecule has 2 aromatic heterocycles. The normalized spacial score (nSPS) is 12.1. The number of carbonyl (C=O) groups is 1. The van der Waals surface area contributed by atoms with Crippen molar-refractivity contribution in [2.75, 3.05) is 7.11 Å². The maximum absolute atomic E-state index is 12.8. The van der Waals surface area contributed by atoms with Gasteiger partial charge in [0.25, 0.3) is 0 Å². The molecule has 4 aromatic rings. The van der Waals surface area contributed by atoms with Crippen LogP contribution in [-0.4, -0.2) is 22.6 Å². The number of benzene rings is 2. The van der Waals surface area contributed by atoms with Crippen molar-refractivity contribution in [1.82, 2.24) is 14.9 Å². The summed E-state index contributed by atoms with van der Waals surface area (Å²) < 4.78 is 7.15. The third kappa shape index (κ3) is 4.92. The molecule has 0 aliphatic rings. The van der Waals surface area contributed by atoms with Crippen LogP contribution in [-0.2, 0) is 11.8 Å². The van der Waals surface area contributed by atoms with Gasteiger partial charge in [-0.05, 0) is 41.5 Å². The van der Waals surface area contributed by atoms with E-state index < -0.39 is 0 Å². The van der Waals surface area contributed by atoms with Crippen molar-refractivity contribution in [3.63, 3.8) is 0 Å². The van der Waals surface area contributed by atoms with Crippen LogP contribution in [0.3, 0.4) is 0 Å². The van der Waals surface area contributed by atoms with Crippen molar-refractivity contribution in [2.45, 2.75) is 6.04 Å². The summed E-state index contributed by atoms with van der Waals surface area (Å²) in [6.07, 6.45) is 7.01. The Bertz CT molecular complexity index is 1180. The van der Waals surface area contributed by atoms with E-state index in [1.54, 1.807) is 30.7 Å². The molecule has 0 bridgehead atoms. The quantitative estimate of drug-likeness (QED) is 0.417. The number of hydrogen-bond acceptors (Lipinski definition) is 4. The number of methoxy groups -OCH3 is 1. The van der Waals surface area contributed by atoms with Crippen LogP contribution in [0.1, 0.15) is 22.3 Å². The van der Waals surface area contributed by atoms with Gasteiger partial charge in [-0.1, -0.05) is 42.5 Å². The number of thiophene rings is 1. The van der Waals surface area contributed by atoms with Crippen molar-refractivity contribution >= 4 is 23.3 Å². The third-order valence-corrected chi connectivity index (χ3v) is 6.04. The number of imidazole rings is 1. The molecule has 0 spiro atoms. The lowest BCUT2D eigenvalue weighted by Crippen LogP contribution is -2.29. The van der Waals surface area contributed by atoms with Crippen LogP contribution in [0.2, 0.25) is 0 Å². The zero-order valence-corrected chi connectivity index (χ0v) is 18.2. The molecular formula is C25H23N3O2S. The van der Waals surface area contributed by atoms with Gasteiger partial charge < -0.3 is 14.6 Å². The van der Waals surface area contributed by atoms with Crippen LogP contribution in [0.4, 0.5) is 0 Å². The number of nitrogens with zero attached hydrogens (tertiary/aromatic N) is 2. The Balaban J connectivity index is 1.51. The number of aryl methyl sites for hydroxylation is 1. The first-order valence-corrected chi connectivity index (χ1v) is 10.7. The summed E-state index contributed by atoms with van der Waals surface area (Å²) in [4.78, 5) is 19.4. The largest absolute Gasteiger partial charge is 0.497 e. The van der Waals surface area contributed by atoms with Crippen LogP contribution >= 0.6 is 11.3 Å². The molecule has 4 rings (SSSR count). The SMILES string of the molecule is COc1ccc(C(NC(=O)C=Cc2ccc(-c3ccccc3)s2)c2nccn2C)cc1. The summed E-state index contributed by atoms with van der Waals surface area (Å²) in [5, 5.41) is 3.08. The van der Waals surface area contributed by atoms with Gasteiger partial charge in [-0.2, -0.15) is 0 Å². The predicted molar refractivity (Wildman–Crippen MR) is 125 cm³/mol. The first-order valence-electron chi connectivity index (χ1n) is 9.89. The second-order valence-corrected chi connectivity index (χ2v) is 8.13. The molecule has 0 aliphatic heterocycles. The van der Waals surface area contributed by atoms with E-state index in [0.29, 0.717) is 0 Å². The highest BCUT2D eigenvalue weighted by Gasteiger charge is 2.20. The minimum Gasteiger partial charge on any atom is -0.497 e. The predicted octanol–water partition coefficient (Wildman–Crippen LogP) is 5.08. The van der Waals surface area contributed by atoms with Gasteiger partial charge in [0.05, 0.1) is 7.11 Å². The van der Waals surface area contributed by atoms with E-state index in [4.69, 9.17) is 4.74 Å². The molecular weight excluding hydrogens is 406 g/mol. The van der Waals surface area contributed by atoms with Crippen LogP contribution in [0, 0.1) is 0 Å². The number of amides is 1. The number of aromatic nitrogens is 2. The fraction of sp³-hybridized carbons (Fsp3) is 0.120. The maximum atomic E-state index is 12.8. The monoisotopic (exact) mass is 429 g/mol. The van der Waals surface area contributed by atoms with Crippen LogP contribution in [0.25, 0.3) is 16.5 Å². The highest BCUT2D eigenvalue weighted by molar-refractivity contribution is 7.16. The zero-order valence-electron chi connectivity index (χ0n) is 17.4. The van der Waals surface area contributed by atoms with Crippen molar-refractivity contribution in [2.24, 2.45) is 7.05 Å². The maximum Gasteiger partial charge on any atom is 0.244 e. The second-order valence-electron chi connectivity index (χ2n) is 7.01. The summed E-state index contributed by atoms with van der Waals surface area (Å²) in [6.45, 7) is 0. The average molecular weight is 430 g/mol. The molecule has 6 heteroatoms. The van der Waals surface area contributed by atoms with Crippen molar-refractivity contribution in [3.8, 4) is 16.2 Å². The zero-order chi connectivity index (χ0) is 21.6. The van der Waals surface area contributed by atoms with Gasteiger partial charge in [-0.3, -0.25) is 4.79 Å². The van der Waals surface area contributed by atoms with E-state index in [-0.39, 0.29) is 11.9 Å². The molecule has 1 N–H and O–H groups in total. The minimum absolute atomic E-state index is 0.182. The van der Waals surface area contributed by atoms with Gasteiger partial charge >= 0.3 is 0 Å². The van der Waals surface area contributed by atoms with E-state index in [9.17, 15) is 4.79 Å². The molecule has 2 heterocycles. The number of carbonyl (C=O) groups excluding carboxylic acids is 1. The molecule has 156 valence electrons. The van der Waals surface area contributed by atoms with Crippen LogP contribution < -0.4 is 10.1 Å². The molecule has 0 saturated heterocycles. The number of hydrogen-bond donors (Lipinski definition) is 1. The molecule has 1 amide bonds. The Hall–Kier alpha value is -3.64. The smallest absolute Gasteiger partial charge is 0.244 e. The minimum atomic E-state index is -0.369. The van der Waals surface area contributed by atoms with Crippen LogP contribution in [0.15, 0.2) is 85.2 Å². The summed E-state index contributed by atoms with van der Waals surface area (Å²) in [6, 6.07) is 21.6. The molecule has 0 saturated carbocycles. The number of nitrogens with one attached hydrogen (secondary N) is 1. The second kappa shape index (κ2) is 9.45. The van der Waals surface area contributed by atoms with E-state index in [1.807, 2.05) is 72.4 Å². The van der Waals surface area contributed by atoms with Gasteiger partial charge in [0.2, 0.25) is 5.91 Å². The lowest BCUT2D eigenvalue weighted by Gasteiger charge is -2.18. The molecule has 0 radical (unpaired) electrons. The first-order chi connectivity index (χ1) is 15.1. The number of rotatable bonds is 7. The molecule has 1 atom stereocenters. The summed E-state index contributed by atoms with van der Waals surface area (Å²) in [7, 11) is 3.54. The summed E-state index contributed by atoms with van der Waals surface area (Å²) in [5.74, 6) is 1.34. The van der Waals surface area contributed by atoms with Crippen molar-refractivity contribution < 1.29 is 9.53 Å². The molecule has 31 heavy (non-hydrogen) atoms. The average Bonchev–Trinajstić information content (AvgIpc) is 3.46. The standard InChI is InChI=1S/C25H23N3O2S/c1-28-17-16-26-25(28)24(19-8-10-20(30-2)11-9-19)27-23(29)15-13-21-12-14-22(31-21)18-6-4-3-5-7-18/h3-17,24H,1-2H3,(H,27,29). The topological polar surface area (TPSA) is 56.1 Å². The van der Waals surface area contributed by atoms with Gasteiger partial charge in [-0.25, -0.2) is 4.98 Å². The van der Waals surface area contributed by atoms with Crippen molar-refractivity contribution in [1.29, 1.82) is 0 Å². The Labute approximate surface area is 185 Å². The fourth-order valence-corrected chi connectivity index (χ4v) is 4.21. The van der Waals surface area contributed by atoms with Crippen LogP contribution in [0.5, 0.6) is 5.75 Å². The first kappa shape index (κ1) is 20.6. The van der Waals surface area contributed by atoms with E-state index in [0.717, 1.165) is 22.0 Å². The Morgan fingerprint density at radius 1 is 1.10 bits per heavy atom. The van der Waals surface area contributed by atoms with E-state index in [1.165, 1.54) is 10.4 Å². The molecule has 2 aromatic carbocycles. The highest BCUT2D eigenvalue weighted by atomic mass is 32.1. The molecule has 0 aliphatic carbocycles. The fourth-order valence-electron chi connectivity index (χ4n) is 3.30. The number of ether oxygens (including phenoxy) is 1. The third-order valence-electron chi connectivity index (χ3n) is 4.94. The molecule has 1 unspecified atom stereocenters. The van der Waals surface area contributed by atoms with E-state index in [2.05, 4.69) is 28.5 Å². The Morgan fingerprint density at radius 3 is 2.55 bits per heavy atom.